The molecule has 0 aromatic carbocycles. The molecule has 1 atom stereocenters. The lowest BCUT2D eigenvalue weighted by molar-refractivity contribution is 0.0955. The van der Waals surface area contributed by atoms with Crippen LogP contribution in [0.4, 0.5) is 0 Å². The molecule has 0 aliphatic carbocycles. The number of halogens is 1. The maximum atomic E-state index is 11.6. The van der Waals surface area contributed by atoms with Crippen molar-refractivity contribution in [1.29, 1.82) is 0 Å². The second-order valence-electron chi connectivity index (χ2n) is 3.34. The SMILES string of the molecule is COCC(Cl)CCNC(=O)c1cnc(C)s1. The van der Waals surface area contributed by atoms with Gasteiger partial charge in [-0.05, 0) is 13.3 Å². The number of methoxy groups -OCH3 is 1. The van der Waals surface area contributed by atoms with Crippen molar-refractivity contribution >= 4 is 28.8 Å². The third-order valence-electron chi connectivity index (χ3n) is 1.94. The molecule has 90 valence electrons. The molecule has 1 rings (SSSR count). The molecule has 0 spiro atoms. The summed E-state index contributed by atoms with van der Waals surface area (Å²) in [5.74, 6) is -0.0908. The molecule has 1 aromatic rings. The molecule has 4 nitrogen and oxygen atoms in total. The van der Waals surface area contributed by atoms with Crippen molar-refractivity contribution in [2.24, 2.45) is 0 Å². The lowest BCUT2D eigenvalue weighted by Crippen LogP contribution is -2.26. The fraction of sp³-hybridized carbons (Fsp3) is 0.600. The quantitative estimate of drug-likeness (QED) is 0.796. The highest BCUT2D eigenvalue weighted by Crippen LogP contribution is 2.11. The van der Waals surface area contributed by atoms with Crippen molar-refractivity contribution in [3.05, 3.63) is 16.1 Å². The van der Waals surface area contributed by atoms with E-state index in [1.807, 2.05) is 6.92 Å². The van der Waals surface area contributed by atoms with Gasteiger partial charge in [-0.1, -0.05) is 0 Å². The minimum atomic E-state index is -0.0908. The van der Waals surface area contributed by atoms with E-state index in [0.29, 0.717) is 24.4 Å². The van der Waals surface area contributed by atoms with Gasteiger partial charge in [0.2, 0.25) is 0 Å². The summed E-state index contributed by atoms with van der Waals surface area (Å²) in [6.07, 6.45) is 2.28. The van der Waals surface area contributed by atoms with Crippen LogP contribution in [-0.2, 0) is 4.74 Å². The van der Waals surface area contributed by atoms with Crippen LogP contribution in [0.15, 0.2) is 6.20 Å². The van der Waals surface area contributed by atoms with Gasteiger partial charge in [-0.25, -0.2) is 4.98 Å². The van der Waals surface area contributed by atoms with Crippen LogP contribution < -0.4 is 5.32 Å². The van der Waals surface area contributed by atoms with Gasteiger partial charge in [0, 0.05) is 13.7 Å². The van der Waals surface area contributed by atoms with E-state index in [-0.39, 0.29) is 11.3 Å². The second-order valence-corrected chi connectivity index (χ2v) is 5.19. The number of carbonyl (C=O) groups is 1. The van der Waals surface area contributed by atoms with Gasteiger partial charge in [0.05, 0.1) is 23.2 Å². The van der Waals surface area contributed by atoms with Crippen LogP contribution in [0.25, 0.3) is 0 Å². The summed E-state index contributed by atoms with van der Waals surface area (Å²) < 4.78 is 4.90. The number of nitrogens with zero attached hydrogens (tertiary/aromatic N) is 1. The standard InChI is InChI=1S/C10H15ClN2O2S/c1-7-13-5-9(16-7)10(14)12-4-3-8(11)6-15-2/h5,8H,3-4,6H2,1-2H3,(H,12,14). The van der Waals surface area contributed by atoms with Crippen LogP contribution in [0.1, 0.15) is 21.1 Å². The van der Waals surface area contributed by atoms with E-state index >= 15 is 0 Å². The molecule has 0 saturated carbocycles. The first-order chi connectivity index (χ1) is 7.63. The lowest BCUT2D eigenvalue weighted by atomic mass is 10.3. The highest BCUT2D eigenvalue weighted by molar-refractivity contribution is 7.13. The Morgan fingerprint density at radius 1 is 1.75 bits per heavy atom. The zero-order valence-electron chi connectivity index (χ0n) is 9.33. The van der Waals surface area contributed by atoms with E-state index in [0.717, 1.165) is 5.01 Å². The van der Waals surface area contributed by atoms with Crippen molar-refractivity contribution in [1.82, 2.24) is 10.3 Å². The Kier molecular flexibility index (Phi) is 5.73. The molecule has 0 aliphatic heterocycles. The molecule has 1 aromatic heterocycles. The fourth-order valence-electron chi connectivity index (χ4n) is 1.16. The van der Waals surface area contributed by atoms with E-state index in [9.17, 15) is 4.79 Å². The number of amides is 1. The highest BCUT2D eigenvalue weighted by atomic mass is 35.5. The summed E-state index contributed by atoms with van der Waals surface area (Å²) in [6, 6.07) is 0. The molecule has 0 radical (unpaired) electrons. The molecule has 0 fully saturated rings. The maximum Gasteiger partial charge on any atom is 0.263 e. The maximum absolute atomic E-state index is 11.6. The predicted octanol–water partition coefficient (Wildman–Crippen LogP) is 1.83. The lowest BCUT2D eigenvalue weighted by Gasteiger charge is -2.08. The van der Waals surface area contributed by atoms with Gasteiger partial charge in [0.15, 0.2) is 0 Å². The average Bonchev–Trinajstić information content (AvgIpc) is 2.65. The first-order valence-corrected chi connectivity index (χ1v) is 6.22. The highest BCUT2D eigenvalue weighted by Gasteiger charge is 2.09. The monoisotopic (exact) mass is 262 g/mol. The molecule has 1 amide bonds. The van der Waals surface area contributed by atoms with E-state index < -0.39 is 0 Å². The Balaban J connectivity index is 2.25. The fourth-order valence-corrected chi connectivity index (χ4v) is 2.09. The zero-order valence-corrected chi connectivity index (χ0v) is 10.9. The molecule has 0 saturated heterocycles. The van der Waals surface area contributed by atoms with E-state index in [2.05, 4.69) is 10.3 Å². The Hall–Kier alpha value is -0.650. The van der Waals surface area contributed by atoms with E-state index in [1.165, 1.54) is 11.3 Å². The number of nitrogens with one attached hydrogen (secondary N) is 1. The molecular formula is C10H15ClN2O2S. The Morgan fingerprint density at radius 3 is 3.06 bits per heavy atom. The number of alkyl halides is 1. The summed E-state index contributed by atoms with van der Waals surface area (Å²) in [7, 11) is 1.61. The second kappa shape index (κ2) is 6.83. The number of carbonyl (C=O) groups excluding carboxylic acids is 1. The average molecular weight is 263 g/mol. The van der Waals surface area contributed by atoms with Gasteiger partial charge < -0.3 is 10.1 Å². The summed E-state index contributed by atoms with van der Waals surface area (Å²) in [6.45, 7) is 2.92. The molecule has 1 unspecified atom stereocenters. The van der Waals surface area contributed by atoms with Gasteiger partial charge in [0.1, 0.15) is 4.88 Å². The summed E-state index contributed by atoms with van der Waals surface area (Å²) in [4.78, 5) is 16.2. The number of rotatable bonds is 6. The van der Waals surface area contributed by atoms with Crippen molar-refractivity contribution in [3.63, 3.8) is 0 Å². The summed E-state index contributed by atoms with van der Waals surface area (Å²) in [5, 5.41) is 3.62. The summed E-state index contributed by atoms with van der Waals surface area (Å²) >= 11 is 7.31. The van der Waals surface area contributed by atoms with Crippen molar-refractivity contribution in [3.8, 4) is 0 Å². The Labute approximate surface area is 104 Å². The molecule has 16 heavy (non-hydrogen) atoms. The summed E-state index contributed by atoms with van der Waals surface area (Å²) in [5.41, 5.74) is 0. The molecule has 0 aliphatic rings. The molecule has 1 N–H and O–H groups in total. The topological polar surface area (TPSA) is 51.2 Å². The van der Waals surface area contributed by atoms with Crippen molar-refractivity contribution in [2.75, 3.05) is 20.3 Å². The number of ether oxygens (including phenoxy) is 1. The van der Waals surface area contributed by atoms with Gasteiger partial charge in [0.25, 0.3) is 5.91 Å². The van der Waals surface area contributed by atoms with Gasteiger partial charge in [-0.15, -0.1) is 22.9 Å². The van der Waals surface area contributed by atoms with Crippen LogP contribution >= 0.6 is 22.9 Å². The third-order valence-corrected chi connectivity index (χ3v) is 3.19. The number of aromatic nitrogens is 1. The Morgan fingerprint density at radius 2 is 2.50 bits per heavy atom. The van der Waals surface area contributed by atoms with E-state index in [1.54, 1.807) is 13.3 Å². The normalized spacial score (nSPS) is 12.4. The zero-order chi connectivity index (χ0) is 12.0. The minimum Gasteiger partial charge on any atom is -0.383 e. The first kappa shape index (κ1) is 13.4. The number of hydrogen-bond donors (Lipinski definition) is 1. The first-order valence-electron chi connectivity index (χ1n) is 4.97. The molecule has 0 bridgehead atoms. The van der Waals surface area contributed by atoms with Gasteiger partial charge in [-0.2, -0.15) is 0 Å². The number of hydrogen-bond acceptors (Lipinski definition) is 4. The number of thiazole rings is 1. The van der Waals surface area contributed by atoms with Crippen LogP contribution in [0.3, 0.4) is 0 Å². The Bertz CT molecular complexity index is 343. The van der Waals surface area contributed by atoms with Crippen molar-refractivity contribution in [2.45, 2.75) is 18.7 Å². The molecular weight excluding hydrogens is 248 g/mol. The third kappa shape index (κ3) is 4.47. The predicted molar refractivity (Wildman–Crippen MR) is 65.3 cm³/mol. The number of aryl methyl sites for hydroxylation is 1. The minimum absolute atomic E-state index is 0.0616. The van der Waals surface area contributed by atoms with Crippen LogP contribution in [0.5, 0.6) is 0 Å². The van der Waals surface area contributed by atoms with Gasteiger partial charge in [-0.3, -0.25) is 4.79 Å². The van der Waals surface area contributed by atoms with Crippen LogP contribution in [0.2, 0.25) is 0 Å². The van der Waals surface area contributed by atoms with E-state index in [4.69, 9.17) is 16.3 Å². The largest absolute Gasteiger partial charge is 0.383 e. The van der Waals surface area contributed by atoms with Crippen LogP contribution in [-0.4, -0.2) is 36.5 Å². The van der Waals surface area contributed by atoms with Gasteiger partial charge >= 0.3 is 0 Å². The smallest absolute Gasteiger partial charge is 0.263 e. The molecule has 1 heterocycles. The van der Waals surface area contributed by atoms with Crippen molar-refractivity contribution < 1.29 is 9.53 Å². The molecule has 6 heteroatoms. The van der Waals surface area contributed by atoms with Crippen LogP contribution in [0, 0.1) is 6.92 Å².